The second-order valence-electron chi connectivity index (χ2n) is 5.30. The number of likely N-dealkylation sites (N-methyl/N-ethyl adjacent to an activating group) is 1. The third-order valence-electron chi connectivity index (χ3n) is 4.02. The number of nitrogens with one attached hydrogen (secondary N) is 1. The molecule has 1 N–H and O–H groups in total. The second kappa shape index (κ2) is 5.72. The molecule has 0 amide bonds. The number of ether oxygens (including phenoxy) is 1. The number of fused-ring (bicyclic) bond motifs is 1. The fourth-order valence-electron chi connectivity index (χ4n) is 2.50. The first-order valence-corrected chi connectivity index (χ1v) is 6.65. The topological polar surface area (TPSA) is 41.6 Å². The predicted octanol–water partition coefficient (Wildman–Crippen LogP) is 1.54. The van der Waals surface area contributed by atoms with E-state index >= 15 is 0 Å². The Hall–Kier alpha value is -1.39. The standard InChI is InChI=1S/C15H22N2O2/c1-15(16-2,14(18)19-3)8-9-17-10-12-6-4-5-7-13(12)11-17/h4-7,16H,8-11H2,1-3H3. The monoisotopic (exact) mass is 262 g/mol. The van der Waals surface area contributed by atoms with Crippen LogP contribution in [0.5, 0.6) is 0 Å². The first-order valence-electron chi connectivity index (χ1n) is 6.65. The van der Waals surface area contributed by atoms with Crippen LogP contribution in [-0.2, 0) is 22.6 Å². The van der Waals surface area contributed by atoms with Crippen molar-refractivity contribution < 1.29 is 9.53 Å². The van der Waals surface area contributed by atoms with Crippen LogP contribution in [0, 0.1) is 0 Å². The van der Waals surface area contributed by atoms with Crippen LogP contribution >= 0.6 is 0 Å². The van der Waals surface area contributed by atoms with Crippen LogP contribution in [0.25, 0.3) is 0 Å². The number of carbonyl (C=O) groups is 1. The maximum Gasteiger partial charge on any atom is 0.325 e. The summed E-state index contributed by atoms with van der Waals surface area (Å²) in [6.45, 7) is 4.71. The average Bonchev–Trinajstić information content (AvgIpc) is 2.86. The van der Waals surface area contributed by atoms with Gasteiger partial charge in [-0.05, 0) is 31.5 Å². The van der Waals surface area contributed by atoms with E-state index in [0.29, 0.717) is 0 Å². The largest absolute Gasteiger partial charge is 0.468 e. The number of esters is 1. The molecule has 2 rings (SSSR count). The molecule has 0 aromatic heterocycles. The lowest BCUT2D eigenvalue weighted by atomic mass is 9.98. The lowest BCUT2D eigenvalue weighted by Crippen LogP contribution is -2.50. The van der Waals surface area contributed by atoms with E-state index in [1.807, 2.05) is 6.92 Å². The van der Waals surface area contributed by atoms with Crippen molar-refractivity contribution >= 4 is 5.97 Å². The molecule has 19 heavy (non-hydrogen) atoms. The zero-order chi connectivity index (χ0) is 13.9. The zero-order valence-corrected chi connectivity index (χ0v) is 11.9. The molecule has 4 heteroatoms. The van der Waals surface area contributed by atoms with Gasteiger partial charge in [-0.2, -0.15) is 0 Å². The molecule has 1 aliphatic rings. The average molecular weight is 262 g/mol. The van der Waals surface area contributed by atoms with Crippen molar-refractivity contribution in [3.63, 3.8) is 0 Å². The van der Waals surface area contributed by atoms with Crippen LogP contribution in [0.3, 0.4) is 0 Å². The smallest absolute Gasteiger partial charge is 0.325 e. The molecule has 1 unspecified atom stereocenters. The van der Waals surface area contributed by atoms with E-state index in [-0.39, 0.29) is 5.97 Å². The molecule has 1 heterocycles. The van der Waals surface area contributed by atoms with Crippen LogP contribution in [0.4, 0.5) is 0 Å². The number of carbonyl (C=O) groups excluding carboxylic acids is 1. The highest BCUT2D eigenvalue weighted by Crippen LogP contribution is 2.23. The molecular formula is C15H22N2O2. The Morgan fingerprint density at radius 3 is 2.42 bits per heavy atom. The van der Waals surface area contributed by atoms with E-state index in [1.54, 1.807) is 7.05 Å². The summed E-state index contributed by atoms with van der Waals surface area (Å²) in [5.41, 5.74) is 2.18. The number of rotatable bonds is 5. The van der Waals surface area contributed by atoms with Gasteiger partial charge in [0, 0.05) is 19.6 Å². The van der Waals surface area contributed by atoms with Crippen molar-refractivity contribution in [2.45, 2.75) is 32.0 Å². The molecule has 104 valence electrons. The molecule has 0 saturated carbocycles. The molecular weight excluding hydrogens is 240 g/mol. The van der Waals surface area contributed by atoms with E-state index in [2.05, 4.69) is 34.5 Å². The number of hydrogen-bond acceptors (Lipinski definition) is 4. The Morgan fingerprint density at radius 1 is 1.37 bits per heavy atom. The van der Waals surface area contributed by atoms with Crippen molar-refractivity contribution in [3.8, 4) is 0 Å². The van der Waals surface area contributed by atoms with Crippen LogP contribution in [0.1, 0.15) is 24.5 Å². The van der Waals surface area contributed by atoms with Gasteiger partial charge in [0.1, 0.15) is 5.54 Å². The summed E-state index contributed by atoms with van der Waals surface area (Å²) in [7, 11) is 3.24. The molecule has 0 aliphatic carbocycles. The Morgan fingerprint density at radius 2 is 1.95 bits per heavy atom. The quantitative estimate of drug-likeness (QED) is 0.817. The van der Waals surface area contributed by atoms with Gasteiger partial charge in [-0.15, -0.1) is 0 Å². The molecule has 1 atom stereocenters. The second-order valence-corrected chi connectivity index (χ2v) is 5.30. The first kappa shape index (κ1) is 14.0. The molecule has 0 radical (unpaired) electrons. The SMILES string of the molecule is CNC(C)(CCN1Cc2ccccc2C1)C(=O)OC. The normalized spacial score (nSPS) is 17.8. The van der Waals surface area contributed by atoms with Gasteiger partial charge < -0.3 is 10.1 Å². The highest BCUT2D eigenvalue weighted by molar-refractivity contribution is 5.80. The lowest BCUT2D eigenvalue weighted by Gasteiger charge is -2.28. The highest BCUT2D eigenvalue weighted by Gasteiger charge is 2.33. The van der Waals surface area contributed by atoms with Gasteiger partial charge in [-0.1, -0.05) is 24.3 Å². The third-order valence-corrected chi connectivity index (χ3v) is 4.02. The lowest BCUT2D eigenvalue weighted by molar-refractivity contribution is -0.148. The molecule has 1 aromatic rings. The summed E-state index contributed by atoms with van der Waals surface area (Å²) in [6.07, 6.45) is 0.740. The highest BCUT2D eigenvalue weighted by atomic mass is 16.5. The summed E-state index contributed by atoms with van der Waals surface area (Å²) in [5.74, 6) is -0.202. The van der Waals surface area contributed by atoms with Gasteiger partial charge in [-0.3, -0.25) is 9.69 Å². The van der Waals surface area contributed by atoms with Crippen molar-refractivity contribution in [3.05, 3.63) is 35.4 Å². The molecule has 1 aliphatic heterocycles. The Balaban J connectivity index is 1.92. The van der Waals surface area contributed by atoms with E-state index in [1.165, 1.54) is 18.2 Å². The van der Waals surface area contributed by atoms with E-state index in [4.69, 9.17) is 4.74 Å². The van der Waals surface area contributed by atoms with Gasteiger partial charge >= 0.3 is 5.97 Å². The summed E-state index contributed by atoms with van der Waals surface area (Å²) in [4.78, 5) is 14.1. The molecule has 0 spiro atoms. The Bertz CT molecular complexity index is 436. The number of nitrogens with zero attached hydrogens (tertiary/aromatic N) is 1. The molecule has 4 nitrogen and oxygen atoms in total. The Kier molecular flexibility index (Phi) is 4.22. The van der Waals surface area contributed by atoms with Crippen molar-refractivity contribution in [2.75, 3.05) is 20.7 Å². The number of methoxy groups -OCH3 is 1. The predicted molar refractivity (Wildman–Crippen MR) is 74.7 cm³/mol. The van der Waals surface area contributed by atoms with Crippen LogP contribution < -0.4 is 5.32 Å². The molecule has 0 fully saturated rings. The number of hydrogen-bond donors (Lipinski definition) is 1. The van der Waals surface area contributed by atoms with Crippen molar-refractivity contribution in [1.29, 1.82) is 0 Å². The van der Waals surface area contributed by atoms with Crippen LogP contribution in [0.2, 0.25) is 0 Å². The van der Waals surface area contributed by atoms with E-state index in [9.17, 15) is 4.79 Å². The summed E-state index contributed by atoms with van der Waals surface area (Å²) < 4.78 is 4.86. The fraction of sp³-hybridized carbons (Fsp3) is 0.533. The Labute approximate surface area is 114 Å². The van der Waals surface area contributed by atoms with Gasteiger partial charge in [0.2, 0.25) is 0 Å². The van der Waals surface area contributed by atoms with Crippen molar-refractivity contribution in [1.82, 2.24) is 10.2 Å². The van der Waals surface area contributed by atoms with Crippen molar-refractivity contribution in [2.24, 2.45) is 0 Å². The first-order chi connectivity index (χ1) is 9.09. The van der Waals surface area contributed by atoms with Gasteiger partial charge in [-0.25, -0.2) is 0 Å². The minimum atomic E-state index is -0.608. The van der Waals surface area contributed by atoms with Gasteiger partial charge in [0.25, 0.3) is 0 Å². The van der Waals surface area contributed by atoms with E-state index in [0.717, 1.165) is 26.1 Å². The zero-order valence-electron chi connectivity index (χ0n) is 11.9. The minimum absolute atomic E-state index is 0.202. The molecule has 0 saturated heterocycles. The van der Waals surface area contributed by atoms with Crippen LogP contribution in [-0.4, -0.2) is 37.1 Å². The third kappa shape index (κ3) is 2.96. The molecule has 1 aromatic carbocycles. The number of benzene rings is 1. The summed E-state index contributed by atoms with van der Waals surface area (Å²) in [5, 5.41) is 3.07. The summed E-state index contributed by atoms with van der Waals surface area (Å²) in [6, 6.07) is 8.50. The van der Waals surface area contributed by atoms with E-state index < -0.39 is 5.54 Å². The maximum atomic E-state index is 11.8. The van der Waals surface area contributed by atoms with Crippen LogP contribution in [0.15, 0.2) is 24.3 Å². The minimum Gasteiger partial charge on any atom is -0.468 e. The maximum absolute atomic E-state index is 11.8. The van der Waals surface area contributed by atoms with Gasteiger partial charge in [0.05, 0.1) is 7.11 Å². The fourth-order valence-corrected chi connectivity index (χ4v) is 2.50. The summed E-state index contributed by atoms with van der Waals surface area (Å²) >= 11 is 0. The molecule has 0 bridgehead atoms. The van der Waals surface area contributed by atoms with Gasteiger partial charge in [0.15, 0.2) is 0 Å².